The lowest BCUT2D eigenvalue weighted by atomic mass is 10.0. The number of rotatable bonds is 3. The standard InChI is InChI=1S/C11H12O/c1-2-6-11(9-12)10-7-4-3-5-8-10/h3-8,11-12H,1,9H2. The second-order valence-electron chi connectivity index (χ2n) is 2.57. The van der Waals surface area contributed by atoms with Gasteiger partial charge in [-0.15, -0.1) is 5.73 Å². The van der Waals surface area contributed by atoms with Crippen LogP contribution in [0.5, 0.6) is 0 Å². The summed E-state index contributed by atoms with van der Waals surface area (Å²) in [6.07, 6.45) is 1.77. The van der Waals surface area contributed by atoms with Gasteiger partial charge in [0, 0.05) is 5.92 Å². The average Bonchev–Trinajstić information content (AvgIpc) is 2.15. The van der Waals surface area contributed by atoms with Crippen molar-refractivity contribution in [1.82, 2.24) is 0 Å². The Balaban J connectivity index is 2.87. The molecule has 0 saturated heterocycles. The summed E-state index contributed by atoms with van der Waals surface area (Å²) in [5.74, 6) is 0.0312. The third-order valence-corrected chi connectivity index (χ3v) is 1.74. The third-order valence-electron chi connectivity index (χ3n) is 1.74. The molecule has 1 nitrogen and oxygen atoms in total. The van der Waals surface area contributed by atoms with E-state index in [1.165, 1.54) is 0 Å². The van der Waals surface area contributed by atoms with Crippen LogP contribution >= 0.6 is 0 Å². The van der Waals surface area contributed by atoms with E-state index in [9.17, 15) is 0 Å². The van der Waals surface area contributed by atoms with Crippen LogP contribution in [0, 0.1) is 0 Å². The minimum atomic E-state index is 0.0312. The van der Waals surface area contributed by atoms with Crippen molar-refractivity contribution in [2.75, 3.05) is 6.61 Å². The Bertz CT molecular complexity index is 270. The topological polar surface area (TPSA) is 20.2 Å². The molecular weight excluding hydrogens is 148 g/mol. The zero-order chi connectivity index (χ0) is 8.81. The predicted molar refractivity (Wildman–Crippen MR) is 50.0 cm³/mol. The van der Waals surface area contributed by atoms with Crippen LogP contribution in [0.4, 0.5) is 0 Å². The molecule has 62 valence electrons. The Labute approximate surface area is 72.7 Å². The zero-order valence-corrected chi connectivity index (χ0v) is 6.90. The van der Waals surface area contributed by atoms with Crippen LogP contribution in [0.25, 0.3) is 0 Å². The van der Waals surface area contributed by atoms with E-state index in [2.05, 4.69) is 12.3 Å². The van der Waals surface area contributed by atoms with E-state index in [0.29, 0.717) is 0 Å². The van der Waals surface area contributed by atoms with Gasteiger partial charge in [0.1, 0.15) is 0 Å². The summed E-state index contributed by atoms with van der Waals surface area (Å²) in [5.41, 5.74) is 3.78. The SMILES string of the molecule is C=C=CC(CO)c1ccccc1. The lowest BCUT2D eigenvalue weighted by Gasteiger charge is -2.07. The van der Waals surface area contributed by atoms with Gasteiger partial charge in [-0.25, -0.2) is 0 Å². The zero-order valence-electron chi connectivity index (χ0n) is 6.90. The molecule has 1 heteroatoms. The normalized spacial score (nSPS) is 11.8. The molecule has 0 fully saturated rings. The molecule has 0 radical (unpaired) electrons. The molecule has 1 atom stereocenters. The lowest BCUT2D eigenvalue weighted by Crippen LogP contribution is -1.99. The largest absolute Gasteiger partial charge is 0.395 e. The van der Waals surface area contributed by atoms with E-state index in [4.69, 9.17) is 5.11 Å². The molecule has 0 spiro atoms. The molecule has 1 aromatic carbocycles. The molecule has 1 rings (SSSR count). The van der Waals surface area contributed by atoms with Crippen molar-refractivity contribution in [2.45, 2.75) is 5.92 Å². The molecule has 1 aromatic rings. The van der Waals surface area contributed by atoms with Crippen LogP contribution in [-0.2, 0) is 0 Å². The van der Waals surface area contributed by atoms with Gasteiger partial charge in [-0.05, 0) is 11.6 Å². The van der Waals surface area contributed by atoms with Gasteiger partial charge in [-0.2, -0.15) is 0 Å². The highest BCUT2D eigenvalue weighted by Crippen LogP contribution is 2.14. The highest BCUT2D eigenvalue weighted by atomic mass is 16.3. The van der Waals surface area contributed by atoms with E-state index in [-0.39, 0.29) is 12.5 Å². The predicted octanol–water partition coefficient (Wildman–Crippen LogP) is 2.10. The van der Waals surface area contributed by atoms with Crippen molar-refractivity contribution >= 4 is 0 Å². The quantitative estimate of drug-likeness (QED) is 0.671. The van der Waals surface area contributed by atoms with Crippen LogP contribution in [0.15, 0.2) is 48.7 Å². The minimum absolute atomic E-state index is 0.0312. The van der Waals surface area contributed by atoms with Gasteiger partial charge in [-0.3, -0.25) is 0 Å². The molecule has 0 aliphatic carbocycles. The van der Waals surface area contributed by atoms with Gasteiger partial charge < -0.3 is 5.11 Å². The lowest BCUT2D eigenvalue weighted by molar-refractivity contribution is 0.283. The molecule has 0 aliphatic heterocycles. The van der Waals surface area contributed by atoms with Gasteiger partial charge in [0.05, 0.1) is 6.61 Å². The van der Waals surface area contributed by atoms with E-state index >= 15 is 0 Å². The van der Waals surface area contributed by atoms with Crippen molar-refractivity contribution < 1.29 is 5.11 Å². The number of aliphatic hydroxyl groups excluding tert-OH is 1. The highest BCUT2D eigenvalue weighted by molar-refractivity contribution is 5.23. The Kier molecular flexibility index (Phi) is 3.34. The highest BCUT2D eigenvalue weighted by Gasteiger charge is 2.03. The molecule has 0 aromatic heterocycles. The van der Waals surface area contributed by atoms with Crippen molar-refractivity contribution in [3.8, 4) is 0 Å². The van der Waals surface area contributed by atoms with E-state index < -0.39 is 0 Å². The fourth-order valence-corrected chi connectivity index (χ4v) is 1.10. The summed E-state index contributed by atoms with van der Waals surface area (Å²) < 4.78 is 0. The van der Waals surface area contributed by atoms with Crippen LogP contribution in [0.1, 0.15) is 11.5 Å². The minimum Gasteiger partial charge on any atom is -0.395 e. The van der Waals surface area contributed by atoms with Gasteiger partial charge in [0.15, 0.2) is 0 Å². The second kappa shape index (κ2) is 4.55. The number of hydrogen-bond donors (Lipinski definition) is 1. The van der Waals surface area contributed by atoms with Crippen LogP contribution in [0.3, 0.4) is 0 Å². The summed E-state index contributed by atoms with van der Waals surface area (Å²) in [5, 5.41) is 9.01. The van der Waals surface area contributed by atoms with E-state index in [0.717, 1.165) is 5.56 Å². The molecule has 1 unspecified atom stereocenters. The van der Waals surface area contributed by atoms with Gasteiger partial charge >= 0.3 is 0 Å². The fourth-order valence-electron chi connectivity index (χ4n) is 1.10. The Morgan fingerprint density at radius 1 is 1.42 bits per heavy atom. The maximum absolute atomic E-state index is 9.01. The first-order chi connectivity index (χ1) is 5.88. The molecule has 12 heavy (non-hydrogen) atoms. The van der Waals surface area contributed by atoms with Gasteiger partial charge in [-0.1, -0.05) is 36.9 Å². The summed E-state index contributed by atoms with van der Waals surface area (Å²) in [7, 11) is 0. The van der Waals surface area contributed by atoms with E-state index in [1.54, 1.807) is 6.08 Å². The summed E-state index contributed by atoms with van der Waals surface area (Å²) in [6, 6.07) is 9.82. The number of benzene rings is 1. The molecule has 0 aliphatic rings. The molecule has 1 N–H and O–H groups in total. The molecule has 0 saturated carbocycles. The van der Waals surface area contributed by atoms with Crippen molar-refractivity contribution in [2.24, 2.45) is 0 Å². The first kappa shape index (κ1) is 8.79. The molecule has 0 amide bonds. The van der Waals surface area contributed by atoms with Crippen molar-refractivity contribution in [3.63, 3.8) is 0 Å². The van der Waals surface area contributed by atoms with Crippen LogP contribution < -0.4 is 0 Å². The first-order valence-electron chi connectivity index (χ1n) is 3.90. The number of aliphatic hydroxyl groups is 1. The molecule has 0 heterocycles. The third kappa shape index (κ3) is 2.09. The Morgan fingerprint density at radius 3 is 2.58 bits per heavy atom. The second-order valence-corrected chi connectivity index (χ2v) is 2.57. The molecular formula is C11H12O. The maximum Gasteiger partial charge on any atom is 0.0540 e. The maximum atomic E-state index is 9.01. The average molecular weight is 160 g/mol. The summed E-state index contributed by atoms with van der Waals surface area (Å²) in [4.78, 5) is 0. The van der Waals surface area contributed by atoms with Crippen LogP contribution in [0.2, 0.25) is 0 Å². The monoisotopic (exact) mass is 160 g/mol. The van der Waals surface area contributed by atoms with Crippen LogP contribution in [-0.4, -0.2) is 11.7 Å². The van der Waals surface area contributed by atoms with Crippen molar-refractivity contribution in [3.05, 3.63) is 54.3 Å². The number of hydrogen-bond acceptors (Lipinski definition) is 1. The Morgan fingerprint density at radius 2 is 2.08 bits per heavy atom. The fraction of sp³-hybridized carbons (Fsp3) is 0.182. The van der Waals surface area contributed by atoms with E-state index in [1.807, 2.05) is 30.3 Å². The Hall–Kier alpha value is -1.30. The first-order valence-corrected chi connectivity index (χ1v) is 3.90. The summed E-state index contributed by atoms with van der Waals surface area (Å²) in [6.45, 7) is 3.59. The smallest absolute Gasteiger partial charge is 0.0540 e. The van der Waals surface area contributed by atoms with Gasteiger partial charge in [0.2, 0.25) is 0 Å². The molecule has 0 bridgehead atoms. The summed E-state index contributed by atoms with van der Waals surface area (Å²) >= 11 is 0. The van der Waals surface area contributed by atoms with Crippen molar-refractivity contribution in [1.29, 1.82) is 0 Å². The van der Waals surface area contributed by atoms with Gasteiger partial charge in [0.25, 0.3) is 0 Å².